The number of nitrogens with two attached hydrogens (primary N) is 1. The summed E-state index contributed by atoms with van der Waals surface area (Å²) in [5.41, 5.74) is 7.10. The fraction of sp³-hybridized carbons (Fsp3) is 0.333. The Morgan fingerprint density at radius 1 is 1.53 bits per heavy atom. The van der Waals surface area contributed by atoms with E-state index in [4.69, 9.17) is 5.73 Å². The lowest BCUT2D eigenvalue weighted by Gasteiger charge is -2.18. The summed E-state index contributed by atoms with van der Waals surface area (Å²) in [6, 6.07) is 5.71. The molecule has 4 nitrogen and oxygen atoms in total. The molecule has 0 bridgehead atoms. The Morgan fingerprint density at radius 2 is 2.24 bits per heavy atom. The Labute approximate surface area is 108 Å². The average Bonchev–Trinajstić information content (AvgIpc) is 2.65. The monoisotopic (exact) mass is 296 g/mol. The Balaban J connectivity index is 2.32. The number of carbonyl (C=O) groups is 2. The van der Waals surface area contributed by atoms with Crippen LogP contribution in [0.2, 0.25) is 0 Å². The van der Waals surface area contributed by atoms with Gasteiger partial charge in [-0.15, -0.1) is 0 Å². The fourth-order valence-corrected chi connectivity index (χ4v) is 2.45. The number of anilines is 1. The van der Waals surface area contributed by atoms with E-state index in [1.54, 1.807) is 4.90 Å². The largest absolute Gasteiger partial charge is 0.369 e. The highest BCUT2D eigenvalue weighted by molar-refractivity contribution is 9.10. The van der Waals surface area contributed by atoms with Crippen molar-refractivity contribution in [2.75, 3.05) is 11.4 Å². The van der Waals surface area contributed by atoms with Crippen LogP contribution in [0.15, 0.2) is 22.7 Å². The van der Waals surface area contributed by atoms with Gasteiger partial charge in [0, 0.05) is 17.4 Å². The third-order valence-electron chi connectivity index (χ3n) is 2.99. The second-order valence-electron chi connectivity index (χ2n) is 4.22. The van der Waals surface area contributed by atoms with Gasteiger partial charge in [0.25, 0.3) is 0 Å². The van der Waals surface area contributed by atoms with Gasteiger partial charge in [0.2, 0.25) is 11.8 Å². The standard InChI is InChI=1S/C12H13BrN2O2/c1-7-3-2-4-9(11(7)13)15-6-8(12(14)17)5-10(15)16/h2-4,8H,5-6H2,1H3,(H2,14,17). The Kier molecular flexibility index (Phi) is 3.19. The topological polar surface area (TPSA) is 63.4 Å². The summed E-state index contributed by atoms with van der Waals surface area (Å²) in [7, 11) is 0. The first kappa shape index (κ1) is 12.1. The predicted octanol–water partition coefficient (Wildman–Crippen LogP) is 1.60. The first-order chi connectivity index (χ1) is 8.00. The molecule has 0 radical (unpaired) electrons. The van der Waals surface area contributed by atoms with Crippen molar-refractivity contribution in [3.8, 4) is 0 Å². The summed E-state index contributed by atoms with van der Waals surface area (Å²) in [4.78, 5) is 24.6. The average molecular weight is 297 g/mol. The minimum absolute atomic E-state index is 0.0555. The van der Waals surface area contributed by atoms with Gasteiger partial charge >= 0.3 is 0 Å². The summed E-state index contributed by atoms with van der Waals surface area (Å²) in [5, 5.41) is 0. The Hall–Kier alpha value is -1.36. The number of amides is 2. The van der Waals surface area contributed by atoms with Gasteiger partial charge in [-0.1, -0.05) is 12.1 Å². The summed E-state index contributed by atoms with van der Waals surface area (Å²) in [6.45, 7) is 2.33. The lowest BCUT2D eigenvalue weighted by atomic mass is 10.1. The zero-order chi connectivity index (χ0) is 12.6. The predicted molar refractivity (Wildman–Crippen MR) is 68.5 cm³/mol. The van der Waals surface area contributed by atoms with E-state index in [1.807, 2.05) is 25.1 Å². The van der Waals surface area contributed by atoms with Crippen LogP contribution in [-0.4, -0.2) is 18.4 Å². The number of benzene rings is 1. The Bertz CT molecular complexity index is 487. The maximum atomic E-state index is 11.9. The van der Waals surface area contributed by atoms with Gasteiger partial charge in [0.05, 0.1) is 11.6 Å². The van der Waals surface area contributed by atoms with Crippen molar-refractivity contribution < 1.29 is 9.59 Å². The molecule has 1 aromatic rings. The molecule has 1 aromatic carbocycles. The Morgan fingerprint density at radius 3 is 2.82 bits per heavy atom. The summed E-state index contributed by atoms with van der Waals surface area (Å²) < 4.78 is 0.887. The minimum Gasteiger partial charge on any atom is -0.369 e. The first-order valence-corrected chi connectivity index (χ1v) is 6.15. The van der Waals surface area contributed by atoms with Gasteiger partial charge in [0.1, 0.15) is 0 Å². The molecule has 1 unspecified atom stereocenters. The van der Waals surface area contributed by atoms with E-state index >= 15 is 0 Å². The first-order valence-electron chi connectivity index (χ1n) is 5.35. The van der Waals surface area contributed by atoms with Crippen LogP contribution in [0, 0.1) is 12.8 Å². The van der Waals surface area contributed by atoms with Crippen molar-refractivity contribution >= 4 is 33.4 Å². The number of halogens is 1. The van der Waals surface area contributed by atoms with E-state index in [-0.39, 0.29) is 18.2 Å². The molecule has 0 saturated carbocycles. The SMILES string of the molecule is Cc1cccc(N2CC(C(N)=O)CC2=O)c1Br. The highest BCUT2D eigenvalue weighted by atomic mass is 79.9. The maximum absolute atomic E-state index is 11.9. The van der Waals surface area contributed by atoms with Crippen LogP contribution in [0.25, 0.3) is 0 Å². The number of primary amides is 1. The fourth-order valence-electron chi connectivity index (χ4n) is 1.97. The van der Waals surface area contributed by atoms with Crippen molar-refractivity contribution in [2.24, 2.45) is 11.7 Å². The van der Waals surface area contributed by atoms with Gasteiger partial charge in [-0.25, -0.2) is 0 Å². The molecule has 1 fully saturated rings. The zero-order valence-electron chi connectivity index (χ0n) is 9.44. The summed E-state index contributed by atoms with van der Waals surface area (Å²) in [5.74, 6) is -0.848. The smallest absolute Gasteiger partial charge is 0.227 e. The highest BCUT2D eigenvalue weighted by Gasteiger charge is 2.34. The van der Waals surface area contributed by atoms with Crippen LogP contribution in [0.1, 0.15) is 12.0 Å². The molecule has 5 heteroatoms. The number of hydrogen-bond acceptors (Lipinski definition) is 2. The normalized spacial score (nSPS) is 19.8. The van der Waals surface area contributed by atoms with Crippen molar-refractivity contribution in [3.05, 3.63) is 28.2 Å². The van der Waals surface area contributed by atoms with Crippen LogP contribution in [0.3, 0.4) is 0 Å². The molecule has 0 aliphatic carbocycles. The van der Waals surface area contributed by atoms with Gasteiger partial charge in [-0.3, -0.25) is 9.59 Å². The second kappa shape index (κ2) is 4.49. The molecule has 1 atom stereocenters. The molecule has 17 heavy (non-hydrogen) atoms. The van der Waals surface area contributed by atoms with Crippen LogP contribution >= 0.6 is 15.9 Å². The maximum Gasteiger partial charge on any atom is 0.227 e. The van der Waals surface area contributed by atoms with Gasteiger partial charge < -0.3 is 10.6 Å². The zero-order valence-corrected chi connectivity index (χ0v) is 11.0. The third-order valence-corrected chi connectivity index (χ3v) is 4.02. The van der Waals surface area contributed by atoms with Crippen molar-refractivity contribution in [2.45, 2.75) is 13.3 Å². The molecule has 90 valence electrons. The molecular formula is C12H13BrN2O2. The van der Waals surface area contributed by atoms with Crippen LogP contribution in [0.4, 0.5) is 5.69 Å². The van der Waals surface area contributed by atoms with Gasteiger partial charge in [0.15, 0.2) is 0 Å². The van der Waals surface area contributed by atoms with Crippen molar-refractivity contribution in [1.82, 2.24) is 0 Å². The van der Waals surface area contributed by atoms with Crippen LogP contribution in [0.5, 0.6) is 0 Å². The molecule has 0 spiro atoms. The number of nitrogens with zero attached hydrogens (tertiary/aromatic N) is 1. The molecule has 1 aliphatic heterocycles. The highest BCUT2D eigenvalue weighted by Crippen LogP contribution is 2.33. The van der Waals surface area contributed by atoms with E-state index in [2.05, 4.69) is 15.9 Å². The van der Waals surface area contributed by atoms with E-state index in [0.717, 1.165) is 15.7 Å². The number of rotatable bonds is 2. The summed E-state index contributed by atoms with van der Waals surface area (Å²) >= 11 is 3.46. The van der Waals surface area contributed by atoms with Crippen LogP contribution in [-0.2, 0) is 9.59 Å². The quantitative estimate of drug-likeness (QED) is 0.901. The van der Waals surface area contributed by atoms with E-state index in [1.165, 1.54) is 0 Å². The van der Waals surface area contributed by atoms with E-state index in [9.17, 15) is 9.59 Å². The van der Waals surface area contributed by atoms with Crippen molar-refractivity contribution in [1.29, 1.82) is 0 Å². The van der Waals surface area contributed by atoms with Gasteiger partial charge in [-0.2, -0.15) is 0 Å². The third kappa shape index (κ3) is 2.20. The minimum atomic E-state index is -0.412. The lowest BCUT2D eigenvalue weighted by Crippen LogP contribution is -2.28. The molecular weight excluding hydrogens is 284 g/mol. The molecule has 2 amide bonds. The second-order valence-corrected chi connectivity index (χ2v) is 5.01. The number of carbonyl (C=O) groups excluding carboxylic acids is 2. The number of aryl methyl sites for hydroxylation is 1. The van der Waals surface area contributed by atoms with E-state index < -0.39 is 5.91 Å². The summed E-state index contributed by atoms with van der Waals surface area (Å²) in [6.07, 6.45) is 0.204. The van der Waals surface area contributed by atoms with Crippen molar-refractivity contribution in [3.63, 3.8) is 0 Å². The molecule has 0 aromatic heterocycles. The lowest BCUT2D eigenvalue weighted by molar-refractivity contribution is -0.123. The molecule has 1 heterocycles. The molecule has 1 saturated heterocycles. The molecule has 1 aliphatic rings. The van der Waals surface area contributed by atoms with Crippen LogP contribution < -0.4 is 10.6 Å². The number of hydrogen-bond donors (Lipinski definition) is 1. The van der Waals surface area contributed by atoms with Gasteiger partial charge in [-0.05, 0) is 34.5 Å². The van der Waals surface area contributed by atoms with E-state index in [0.29, 0.717) is 6.54 Å². The molecule has 2 rings (SSSR count). The molecule has 2 N–H and O–H groups in total.